The number of likely N-dealkylation sites (N-methyl/N-ethyl adjacent to an activating group) is 1. The molecule has 0 aliphatic heterocycles. The lowest BCUT2D eigenvalue weighted by molar-refractivity contribution is -0.138. The molecule has 2 nitrogen and oxygen atoms in total. The predicted molar refractivity (Wildman–Crippen MR) is 53.9 cm³/mol. The Bertz CT molecular complexity index is 144. The van der Waals surface area contributed by atoms with E-state index in [-0.39, 0.29) is 19.1 Å². The van der Waals surface area contributed by atoms with Crippen molar-refractivity contribution in [2.45, 2.75) is 44.9 Å². The normalized spacial score (nSPS) is 14.2. The van der Waals surface area contributed by atoms with Crippen molar-refractivity contribution in [3.63, 3.8) is 0 Å². The summed E-state index contributed by atoms with van der Waals surface area (Å²) in [5, 5.41) is 2.96. The van der Waals surface area contributed by atoms with E-state index in [1.165, 1.54) is 0 Å². The second-order valence-electron chi connectivity index (χ2n) is 3.56. The Morgan fingerprint density at radius 3 is 2.47 bits per heavy atom. The molecule has 0 heterocycles. The second-order valence-corrected chi connectivity index (χ2v) is 3.56. The lowest BCUT2D eigenvalue weighted by atomic mass is 10.2. The van der Waals surface area contributed by atoms with Gasteiger partial charge in [0.2, 0.25) is 0 Å². The van der Waals surface area contributed by atoms with Crippen molar-refractivity contribution in [1.29, 1.82) is 0 Å². The van der Waals surface area contributed by atoms with Gasteiger partial charge in [0.15, 0.2) is 0 Å². The largest absolute Gasteiger partial charge is 0.389 e. The number of nitrogens with one attached hydrogen (secondary N) is 1. The van der Waals surface area contributed by atoms with E-state index >= 15 is 0 Å². The number of ether oxygens (including phenoxy) is 1. The van der Waals surface area contributed by atoms with Crippen molar-refractivity contribution >= 4 is 0 Å². The number of halogens is 3. The minimum atomic E-state index is -4.06. The van der Waals surface area contributed by atoms with Crippen LogP contribution in [0.15, 0.2) is 0 Å². The summed E-state index contributed by atoms with van der Waals surface area (Å²) < 4.78 is 40.8. The number of alkyl halides is 3. The van der Waals surface area contributed by atoms with Gasteiger partial charge in [-0.2, -0.15) is 13.2 Å². The molecule has 0 radical (unpaired) electrons. The predicted octanol–water partition coefficient (Wildman–Crippen LogP) is 2.73. The summed E-state index contributed by atoms with van der Waals surface area (Å²) in [5.74, 6) is 0. The third-order valence-electron chi connectivity index (χ3n) is 2.00. The first-order valence-electron chi connectivity index (χ1n) is 5.32. The third kappa shape index (κ3) is 10.0. The molecule has 15 heavy (non-hydrogen) atoms. The summed E-state index contributed by atoms with van der Waals surface area (Å²) in [5.41, 5.74) is 0. The molecule has 0 bridgehead atoms. The number of rotatable bonds is 8. The van der Waals surface area contributed by atoms with Gasteiger partial charge in [0.25, 0.3) is 0 Å². The molecule has 0 saturated heterocycles. The van der Waals surface area contributed by atoms with Crippen LogP contribution in [0.25, 0.3) is 0 Å². The fourth-order valence-electron chi connectivity index (χ4n) is 1.32. The number of hydrogen-bond acceptors (Lipinski definition) is 2. The highest BCUT2D eigenvalue weighted by molar-refractivity contribution is 4.60. The van der Waals surface area contributed by atoms with Crippen molar-refractivity contribution in [2.24, 2.45) is 0 Å². The van der Waals surface area contributed by atoms with E-state index in [2.05, 4.69) is 5.32 Å². The molecule has 0 aromatic heterocycles. The fraction of sp³-hybridized carbons (Fsp3) is 1.00. The Balaban J connectivity index is 3.52. The van der Waals surface area contributed by atoms with Crippen LogP contribution in [0.2, 0.25) is 0 Å². The molecule has 1 atom stereocenters. The molecule has 1 N–H and O–H groups in total. The SMILES string of the molecule is CCCC(CNC)OCCCC(F)(F)F. The van der Waals surface area contributed by atoms with Crippen molar-refractivity contribution in [2.75, 3.05) is 20.2 Å². The van der Waals surface area contributed by atoms with Crippen LogP contribution in [-0.2, 0) is 4.74 Å². The molecule has 5 heteroatoms. The smallest absolute Gasteiger partial charge is 0.377 e. The Kier molecular flexibility index (Phi) is 7.78. The summed E-state index contributed by atoms with van der Waals surface area (Å²) in [6.45, 7) is 2.91. The van der Waals surface area contributed by atoms with Crippen molar-refractivity contribution < 1.29 is 17.9 Å². The first-order chi connectivity index (χ1) is 6.99. The summed E-state index contributed by atoms with van der Waals surface area (Å²) in [6.07, 6.45) is -2.88. The molecule has 92 valence electrons. The van der Waals surface area contributed by atoms with Gasteiger partial charge in [-0.25, -0.2) is 0 Å². The highest BCUT2D eigenvalue weighted by atomic mass is 19.4. The first-order valence-corrected chi connectivity index (χ1v) is 5.32. The molecule has 0 rings (SSSR count). The molecule has 0 aromatic carbocycles. The minimum absolute atomic E-state index is 0.0354. The minimum Gasteiger partial charge on any atom is -0.377 e. The number of hydrogen-bond donors (Lipinski definition) is 1. The molecule has 0 aliphatic rings. The summed E-state index contributed by atoms with van der Waals surface area (Å²) in [7, 11) is 1.81. The maximum Gasteiger partial charge on any atom is 0.389 e. The van der Waals surface area contributed by atoms with Crippen LogP contribution >= 0.6 is 0 Å². The molecule has 0 aliphatic carbocycles. The first kappa shape index (κ1) is 14.7. The Hall–Kier alpha value is -0.290. The average molecular weight is 227 g/mol. The van der Waals surface area contributed by atoms with Gasteiger partial charge in [-0.15, -0.1) is 0 Å². The maximum absolute atomic E-state index is 11.8. The molecular weight excluding hydrogens is 207 g/mol. The topological polar surface area (TPSA) is 21.3 Å². The second kappa shape index (κ2) is 7.93. The lowest BCUT2D eigenvalue weighted by Crippen LogP contribution is -2.27. The van der Waals surface area contributed by atoms with Crippen molar-refractivity contribution in [1.82, 2.24) is 5.32 Å². The van der Waals surface area contributed by atoms with E-state index in [0.29, 0.717) is 6.54 Å². The van der Waals surface area contributed by atoms with Crippen molar-refractivity contribution in [3.8, 4) is 0 Å². The van der Waals surface area contributed by atoms with E-state index in [0.717, 1.165) is 12.8 Å². The average Bonchev–Trinajstić information content (AvgIpc) is 2.11. The van der Waals surface area contributed by atoms with E-state index in [9.17, 15) is 13.2 Å². The van der Waals surface area contributed by atoms with Gasteiger partial charge in [0.05, 0.1) is 6.10 Å². The fourth-order valence-corrected chi connectivity index (χ4v) is 1.32. The maximum atomic E-state index is 11.8. The zero-order valence-electron chi connectivity index (χ0n) is 9.36. The van der Waals surface area contributed by atoms with Crippen LogP contribution < -0.4 is 5.32 Å². The van der Waals surface area contributed by atoms with Crippen LogP contribution in [0.5, 0.6) is 0 Å². The van der Waals surface area contributed by atoms with Gasteiger partial charge in [0.1, 0.15) is 0 Å². The van der Waals surface area contributed by atoms with Gasteiger partial charge in [-0.05, 0) is 19.9 Å². The Morgan fingerprint density at radius 2 is 2.00 bits per heavy atom. The Morgan fingerprint density at radius 1 is 1.33 bits per heavy atom. The van der Waals surface area contributed by atoms with E-state index < -0.39 is 12.6 Å². The van der Waals surface area contributed by atoms with Gasteiger partial charge in [0, 0.05) is 19.6 Å². The molecule has 0 fully saturated rings. The zero-order chi connectivity index (χ0) is 11.7. The molecular formula is C10H20F3NO. The third-order valence-corrected chi connectivity index (χ3v) is 2.00. The van der Waals surface area contributed by atoms with Gasteiger partial charge in [-0.3, -0.25) is 0 Å². The van der Waals surface area contributed by atoms with Crippen LogP contribution in [0.1, 0.15) is 32.6 Å². The molecule has 0 spiro atoms. The summed E-state index contributed by atoms with van der Waals surface area (Å²) in [4.78, 5) is 0. The lowest BCUT2D eigenvalue weighted by Gasteiger charge is -2.17. The zero-order valence-corrected chi connectivity index (χ0v) is 9.36. The molecule has 1 unspecified atom stereocenters. The highest BCUT2D eigenvalue weighted by Gasteiger charge is 2.26. The van der Waals surface area contributed by atoms with E-state index in [1.807, 2.05) is 14.0 Å². The van der Waals surface area contributed by atoms with Gasteiger partial charge < -0.3 is 10.1 Å². The standard InChI is InChI=1S/C10H20F3NO/c1-3-5-9(8-14-2)15-7-4-6-10(11,12)13/h9,14H,3-8H2,1-2H3. The van der Waals surface area contributed by atoms with E-state index in [1.54, 1.807) is 0 Å². The highest BCUT2D eigenvalue weighted by Crippen LogP contribution is 2.21. The van der Waals surface area contributed by atoms with Crippen LogP contribution in [-0.4, -0.2) is 32.5 Å². The van der Waals surface area contributed by atoms with E-state index in [4.69, 9.17) is 4.74 Å². The van der Waals surface area contributed by atoms with Crippen molar-refractivity contribution in [3.05, 3.63) is 0 Å². The van der Waals surface area contributed by atoms with Crippen LogP contribution in [0.4, 0.5) is 13.2 Å². The monoisotopic (exact) mass is 227 g/mol. The van der Waals surface area contributed by atoms with Crippen LogP contribution in [0.3, 0.4) is 0 Å². The summed E-state index contributed by atoms with van der Waals surface area (Å²) >= 11 is 0. The molecule has 0 amide bonds. The van der Waals surface area contributed by atoms with Crippen LogP contribution in [0, 0.1) is 0 Å². The summed E-state index contributed by atoms with van der Waals surface area (Å²) in [6, 6.07) is 0. The molecule has 0 saturated carbocycles. The van der Waals surface area contributed by atoms with Gasteiger partial charge in [-0.1, -0.05) is 13.3 Å². The Labute approximate surface area is 89.2 Å². The molecule has 0 aromatic rings. The van der Waals surface area contributed by atoms with Gasteiger partial charge >= 0.3 is 6.18 Å². The quantitative estimate of drug-likeness (QED) is 0.644.